The van der Waals surface area contributed by atoms with Gasteiger partial charge in [-0.25, -0.2) is 8.42 Å². The third-order valence-corrected chi connectivity index (χ3v) is 8.74. The Morgan fingerprint density at radius 3 is 2.08 bits per heavy atom. The highest BCUT2D eigenvalue weighted by Gasteiger charge is 2.33. The number of anilines is 1. The third-order valence-electron chi connectivity index (χ3n) is 6.21. The minimum atomic E-state index is -4.10. The highest BCUT2D eigenvalue weighted by molar-refractivity contribution is 7.92. The van der Waals surface area contributed by atoms with Gasteiger partial charge in [0.25, 0.3) is 10.0 Å². The summed E-state index contributed by atoms with van der Waals surface area (Å²) in [5, 5.41) is 3.28. The SMILES string of the molecule is CCc1ccc(N(CC(=O)N(Cc2ccc(Cl)c(Cl)c2)[C@H](CC)C(=O)NC)S(=O)(=O)c2ccccc2)cc1. The van der Waals surface area contributed by atoms with E-state index < -0.39 is 28.5 Å². The number of benzene rings is 3. The average Bonchev–Trinajstić information content (AvgIpc) is 2.93. The molecule has 202 valence electrons. The second-order valence-electron chi connectivity index (χ2n) is 8.65. The van der Waals surface area contributed by atoms with Crippen LogP contribution < -0.4 is 9.62 Å². The van der Waals surface area contributed by atoms with Crippen molar-refractivity contribution in [1.29, 1.82) is 0 Å². The van der Waals surface area contributed by atoms with E-state index in [1.165, 1.54) is 24.1 Å². The van der Waals surface area contributed by atoms with Crippen LogP contribution >= 0.6 is 23.2 Å². The number of carbonyl (C=O) groups excluding carboxylic acids is 2. The van der Waals surface area contributed by atoms with Crippen LogP contribution in [0.25, 0.3) is 0 Å². The fourth-order valence-corrected chi connectivity index (χ4v) is 5.82. The predicted octanol–water partition coefficient (Wildman–Crippen LogP) is 5.30. The average molecular weight is 577 g/mol. The summed E-state index contributed by atoms with van der Waals surface area (Å²) in [6, 6.07) is 19.1. The number of rotatable bonds is 11. The first kappa shape index (κ1) is 29.5. The molecular formula is C28H31Cl2N3O4S. The van der Waals surface area contributed by atoms with Gasteiger partial charge in [-0.1, -0.05) is 73.4 Å². The molecule has 0 heterocycles. The van der Waals surface area contributed by atoms with Gasteiger partial charge in [-0.05, 0) is 60.4 Å². The van der Waals surface area contributed by atoms with Crippen molar-refractivity contribution in [2.45, 2.75) is 44.2 Å². The van der Waals surface area contributed by atoms with Gasteiger partial charge in [-0.2, -0.15) is 0 Å². The molecule has 0 aliphatic rings. The maximum absolute atomic E-state index is 13.9. The maximum atomic E-state index is 13.9. The second kappa shape index (κ2) is 13.1. The molecule has 2 amide bonds. The molecule has 3 rings (SSSR count). The van der Waals surface area contributed by atoms with Crippen molar-refractivity contribution in [2.75, 3.05) is 17.9 Å². The second-order valence-corrected chi connectivity index (χ2v) is 11.3. The molecule has 1 N–H and O–H groups in total. The van der Waals surface area contributed by atoms with Gasteiger partial charge in [0.2, 0.25) is 11.8 Å². The zero-order valence-electron chi connectivity index (χ0n) is 21.5. The molecule has 0 spiro atoms. The van der Waals surface area contributed by atoms with E-state index in [9.17, 15) is 18.0 Å². The maximum Gasteiger partial charge on any atom is 0.264 e. The molecule has 0 aromatic heterocycles. The molecule has 0 saturated heterocycles. The number of carbonyl (C=O) groups is 2. The molecule has 3 aromatic carbocycles. The van der Waals surface area contributed by atoms with Crippen LogP contribution in [0.3, 0.4) is 0 Å². The lowest BCUT2D eigenvalue weighted by molar-refractivity contribution is -0.140. The van der Waals surface area contributed by atoms with Crippen molar-refractivity contribution in [1.82, 2.24) is 10.2 Å². The molecule has 0 fully saturated rings. The highest BCUT2D eigenvalue weighted by Crippen LogP contribution is 2.27. The zero-order chi connectivity index (χ0) is 27.9. The Kier molecular flexibility index (Phi) is 10.2. The number of amides is 2. The standard InChI is InChI=1S/C28H31Cl2N3O4S/c1-4-20-11-14-22(15-12-20)33(38(36,37)23-9-7-6-8-10-23)19-27(34)32(26(5-2)28(35)31-3)18-21-13-16-24(29)25(30)17-21/h6-17,26H,4-5,18-19H2,1-3H3,(H,31,35)/t26-/m1/s1. The van der Waals surface area contributed by atoms with E-state index >= 15 is 0 Å². The van der Waals surface area contributed by atoms with E-state index in [0.717, 1.165) is 16.3 Å². The van der Waals surface area contributed by atoms with E-state index in [1.807, 2.05) is 19.1 Å². The monoisotopic (exact) mass is 575 g/mol. The first-order chi connectivity index (χ1) is 18.1. The molecule has 0 aliphatic heterocycles. The van der Waals surface area contributed by atoms with E-state index in [0.29, 0.717) is 27.7 Å². The number of nitrogens with one attached hydrogen (secondary N) is 1. The normalized spacial score (nSPS) is 12.0. The summed E-state index contributed by atoms with van der Waals surface area (Å²) in [5.41, 5.74) is 2.03. The quantitative estimate of drug-likeness (QED) is 0.336. The molecule has 0 aliphatic carbocycles. The predicted molar refractivity (Wildman–Crippen MR) is 152 cm³/mol. The van der Waals surface area contributed by atoms with Crippen molar-refractivity contribution in [3.05, 3.63) is 94.0 Å². The van der Waals surface area contributed by atoms with Gasteiger partial charge in [0.15, 0.2) is 0 Å². The number of halogens is 2. The van der Waals surface area contributed by atoms with Gasteiger partial charge in [0.05, 0.1) is 20.6 Å². The van der Waals surface area contributed by atoms with Crippen LogP contribution in [0.1, 0.15) is 31.4 Å². The van der Waals surface area contributed by atoms with Crippen LogP contribution in [0.5, 0.6) is 0 Å². The van der Waals surface area contributed by atoms with Crippen LogP contribution in [0, 0.1) is 0 Å². The lowest BCUT2D eigenvalue weighted by atomic mass is 10.1. The van der Waals surface area contributed by atoms with Gasteiger partial charge in [-0.3, -0.25) is 13.9 Å². The Bertz CT molecular complexity index is 1370. The summed E-state index contributed by atoms with van der Waals surface area (Å²) in [7, 11) is -2.60. The summed E-state index contributed by atoms with van der Waals surface area (Å²) in [4.78, 5) is 28.1. The minimum absolute atomic E-state index is 0.0373. The summed E-state index contributed by atoms with van der Waals surface area (Å²) >= 11 is 12.3. The number of hydrogen-bond acceptors (Lipinski definition) is 4. The summed E-state index contributed by atoms with van der Waals surface area (Å²) in [6.07, 6.45) is 1.11. The first-order valence-corrected chi connectivity index (χ1v) is 14.4. The van der Waals surface area contributed by atoms with Crippen LogP contribution in [-0.2, 0) is 32.6 Å². The summed E-state index contributed by atoms with van der Waals surface area (Å²) in [6.45, 7) is 3.33. The van der Waals surface area contributed by atoms with E-state index in [4.69, 9.17) is 23.2 Å². The molecule has 3 aromatic rings. The lowest BCUT2D eigenvalue weighted by Crippen LogP contribution is -2.51. The number of aryl methyl sites for hydroxylation is 1. The highest BCUT2D eigenvalue weighted by atomic mass is 35.5. The number of sulfonamides is 1. The topological polar surface area (TPSA) is 86.8 Å². The van der Waals surface area contributed by atoms with E-state index in [-0.39, 0.29) is 17.3 Å². The fourth-order valence-electron chi connectivity index (χ4n) is 4.07. The largest absolute Gasteiger partial charge is 0.357 e. The van der Waals surface area contributed by atoms with Gasteiger partial charge < -0.3 is 10.2 Å². The van der Waals surface area contributed by atoms with Crippen LogP contribution in [0.15, 0.2) is 77.7 Å². The zero-order valence-corrected chi connectivity index (χ0v) is 23.9. The smallest absolute Gasteiger partial charge is 0.264 e. The molecule has 0 saturated carbocycles. The first-order valence-electron chi connectivity index (χ1n) is 12.2. The van der Waals surface area contributed by atoms with Crippen molar-refractivity contribution < 1.29 is 18.0 Å². The molecule has 1 atom stereocenters. The number of hydrogen-bond donors (Lipinski definition) is 1. The van der Waals surface area contributed by atoms with Gasteiger partial charge in [0.1, 0.15) is 12.6 Å². The Balaban J connectivity index is 2.06. The van der Waals surface area contributed by atoms with Crippen LogP contribution in [-0.4, -0.2) is 44.8 Å². The Morgan fingerprint density at radius 2 is 1.53 bits per heavy atom. The van der Waals surface area contributed by atoms with Crippen molar-refractivity contribution in [3.8, 4) is 0 Å². The van der Waals surface area contributed by atoms with E-state index in [2.05, 4.69) is 5.32 Å². The Morgan fingerprint density at radius 1 is 0.895 bits per heavy atom. The van der Waals surface area contributed by atoms with E-state index in [1.54, 1.807) is 55.5 Å². The number of nitrogens with zero attached hydrogens (tertiary/aromatic N) is 2. The summed E-state index contributed by atoms with van der Waals surface area (Å²) < 4.78 is 28.6. The Labute approximate surface area is 234 Å². The van der Waals surface area contributed by atoms with Gasteiger partial charge in [-0.15, -0.1) is 0 Å². The molecule has 0 unspecified atom stereocenters. The molecule has 0 radical (unpaired) electrons. The molecular weight excluding hydrogens is 545 g/mol. The number of likely N-dealkylation sites (N-methyl/N-ethyl adjacent to an activating group) is 1. The minimum Gasteiger partial charge on any atom is -0.357 e. The van der Waals surface area contributed by atoms with Gasteiger partial charge >= 0.3 is 0 Å². The molecule has 38 heavy (non-hydrogen) atoms. The van der Waals surface area contributed by atoms with Crippen LogP contribution in [0.2, 0.25) is 10.0 Å². The van der Waals surface area contributed by atoms with Crippen molar-refractivity contribution in [3.63, 3.8) is 0 Å². The van der Waals surface area contributed by atoms with Crippen molar-refractivity contribution >= 4 is 50.7 Å². The van der Waals surface area contributed by atoms with Crippen molar-refractivity contribution in [2.24, 2.45) is 0 Å². The lowest BCUT2D eigenvalue weighted by Gasteiger charge is -2.33. The molecule has 7 nitrogen and oxygen atoms in total. The van der Waals surface area contributed by atoms with Crippen LogP contribution in [0.4, 0.5) is 5.69 Å². The fraction of sp³-hybridized carbons (Fsp3) is 0.286. The summed E-state index contributed by atoms with van der Waals surface area (Å²) in [5.74, 6) is -0.892. The molecule has 10 heteroatoms. The third kappa shape index (κ3) is 6.87. The Hall–Kier alpha value is -3.07. The van der Waals surface area contributed by atoms with Gasteiger partial charge in [0, 0.05) is 13.6 Å². The molecule has 0 bridgehead atoms.